The molecule has 2 fully saturated rings. The molecule has 0 atom stereocenters. The molecule has 2 saturated heterocycles. The van der Waals surface area contributed by atoms with Gasteiger partial charge in [0.15, 0.2) is 0 Å². The van der Waals surface area contributed by atoms with Crippen LogP contribution in [-0.2, 0) is 4.79 Å². The molecule has 4 heteroatoms. The molecule has 106 valence electrons. The Morgan fingerprint density at radius 1 is 1.25 bits per heavy atom. The zero-order valence-electron chi connectivity index (χ0n) is 11.7. The molecule has 0 saturated carbocycles. The van der Waals surface area contributed by atoms with Crippen LogP contribution in [0.25, 0.3) is 0 Å². The Morgan fingerprint density at radius 2 is 1.95 bits per heavy atom. The lowest BCUT2D eigenvalue weighted by atomic mass is 9.86. The van der Waals surface area contributed by atoms with Crippen molar-refractivity contribution < 1.29 is 4.79 Å². The first kappa shape index (κ1) is 13.2. The Bertz CT molecular complexity index is 494. The molecule has 1 N–H and O–H groups in total. The summed E-state index contributed by atoms with van der Waals surface area (Å²) >= 11 is 0. The van der Waals surface area contributed by atoms with E-state index in [-0.39, 0.29) is 11.4 Å². The van der Waals surface area contributed by atoms with E-state index in [2.05, 4.69) is 28.9 Å². The summed E-state index contributed by atoms with van der Waals surface area (Å²) < 4.78 is 0. The zero-order chi connectivity index (χ0) is 14.0. The van der Waals surface area contributed by atoms with Crippen LogP contribution in [0.1, 0.15) is 12.8 Å². The van der Waals surface area contributed by atoms with Crippen molar-refractivity contribution in [2.75, 3.05) is 31.2 Å². The van der Waals surface area contributed by atoms with E-state index in [1.54, 1.807) is 6.08 Å². The van der Waals surface area contributed by atoms with Crippen LogP contribution in [0, 0.1) is 0 Å². The quantitative estimate of drug-likeness (QED) is 0.848. The first-order valence-electron chi connectivity index (χ1n) is 7.22. The van der Waals surface area contributed by atoms with Crippen LogP contribution in [0.15, 0.2) is 43.0 Å². The zero-order valence-corrected chi connectivity index (χ0v) is 11.7. The summed E-state index contributed by atoms with van der Waals surface area (Å²) in [7, 11) is 0. The van der Waals surface area contributed by atoms with E-state index >= 15 is 0 Å². The second kappa shape index (κ2) is 5.29. The van der Waals surface area contributed by atoms with Gasteiger partial charge in [-0.05, 0) is 38.1 Å². The van der Waals surface area contributed by atoms with E-state index in [4.69, 9.17) is 0 Å². The highest BCUT2D eigenvalue weighted by Gasteiger charge is 2.52. The van der Waals surface area contributed by atoms with Crippen LogP contribution in [0.3, 0.4) is 0 Å². The van der Waals surface area contributed by atoms with E-state index in [0.717, 1.165) is 31.6 Å². The summed E-state index contributed by atoms with van der Waals surface area (Å²) in [4.78, 5) is 17.1. The minimum atomic E-state index is -0.365. The summed E-state index contributed by atoms with van der Waals surface area (Å²) in [6.45, 7) is 6.85. The maximum absolute atomic E-state index is 12.9. The SMILES string of the molecule is C=CCN1CN(c2ccccc2)C2(CCNCC2)C1=O. The highest BCUT2D eigenvalue weighted by molar-refractivity contribution is 5.93. The van der Waals surface area contributed by atoms with E-state index < -0.39 is 0 Å². The predicted octanol–water partition coefficient (Wildman–Crippen LogP) is 1.60. The van der Waals surface area contributed by atoms with Crippen LogP contribution in [0.2, 0.25) is 0 Å². The molecule has 1 spiro atoms. The number of rotatable bonds is 3. The van der Waals surface area contributed by atoms with Crippen LogP contribution in [-0.4, -0.2) is 42.6 Å². The molecule has 0 bridgehead atoms. The Labute approximate surface area is 120 Å². The van der Waals surface area contributed by atoms with E-state index in [1.165, 1.54) is 0 Å². The number of hydrogen-bond acceptors (Lipinski definition) is 3. The standard InChI is InChI=1S/C16H21N3O/c1-2-12-18-13-19(14-6-4-3-5-7-14)16(15(18)20)8-10-17-11-9-16/h2-7,17H,1,8-13H2. The smallest absolute Gasteiger partial charge is 0.250 e. The van der Waals surface area contributed by atoms with Crippen molar-refractivity contribution >= 4 is 11.6 Å². The Hall–Kier alpha value is -1.81. The fourth-order valence-corrected chi connectivity index (χ4v) is 3.34. The highest BCUT2D eigenvalue weighted by Crippen LogP contribution is 2.37. The molecular weight excluding hydrogens is 250 g/mol. The van der Waals surface area contributed by atoms with Crippen molar-refractivity contribution in [3.63, 3.8) is 0 Å². The third kappa shape index (κ3) is 2.00. The third-order valence-electron chi connectivity index (χ3n) is 4.36. The molecule has 1 amide bonds. The lowest BCUT2D eigenvalue weighted by Crippen LogP contribution is -2.55. The molecule has 1 aromatic rings. The first-order chi connectivity index (χ1) is 9.78. The van der Waals surface area contributed by atoms with Gasteiger partial charge >= 0.3 is 0 Å². The minimum Gasteiger partial charge on any atom is -0.339 e. The van der Waals surface area contributed by atoms with E-state index in [9.17, 15) is 4.79 Å². The van der Waals surface area contributed by atoms with Gasteiger partial charge in [-0.2, -0.15) is 0 Å². The van der Waals surface area contributed by atoms with Crippen LogP contribution in [0.5, 0.6) is 0 Å². The molecule has 20 heavy (non-hydrogen) atoms. The fourth-order valence-electron chi connectivity index (χ4n) is 3.34. The average Bonchev–Trinajstić information content (AvgIpc) is 2.76. The molecular formula is C16H21N3O. The lowest BCUT2D eigenvalue weighted by molar-refractivity contribution is -0.132. The maximum atomic E-state index is 12.9. The average molecular weight is 271 g/mol. The molecule has 1 aromatic carbocycles. The summed E-state index contributed by atoms with van der Waals surface area (Å²) in [6.07, 6.45) is 3.55. The van der Waals surface area contributed by atoms with Crippen LogP contribution in [0.4, 0.5) is 5.69 Å². The Balaban J connectivity index is 1.97. The van der Waals surface area contributed by atoms with Crippen LogP contribution >= 0.6 is 0 Å². The Kier molecular flexibility index (Phi) is 3.49. The lowest BCUT2D eigenvalue weighted by Gasteiger charge is -2.40. The van der Waals surface area contributed by atoms with Crippen molar-refractivity contribution in [1.82, 2.24) is 10.2 Å². The minimum absolute atomic E-state index is 0.253. The molecule has 0 radical (unpaired) electrons. The molecule has 0 aromatic heterocycles. The number of amides is 1. The highest BCUT2D eigenvalue weighted by atomic mass is 16.2. The molecule has 2 aliphatic rings. The second-order valence-electron chi connectivity index (χ2n) is 5.50. The van der Waals surface area contributed by atoms with Gasteiger partial charge in [-0.25, -0.2) is 0 Å². The number of para-hydroxylation sites is 1. The van der Waals surface area contributed by atoms with Crippen molar-refractivity contribution in [3.05, 3.63) is 43.0 Å². The summed E-state index contributed by atoms with van der Waals surface area (Å²) in [6, 6.07) is 10.3. The number of carbonyl (C=O) groups is 1. The number of nitrogens with one attached hydrogen (secondary N) is 1. The van der Waals surface area contributed by atoms with Gasteiger partial charge in [-0.1, -0.05) is 24.3 Å². The molecule has 4 nitrogen and oxygen atoms in total. The van der Waals surface area contributed by atoms with Gasteiger partial charge in [0.25, 0.3) is 0 Å². The Morgan fingerprint density at radius 3 is 2.60 bits per heavy atom. The van der Waals surface area contributed by atoms with Crippen molar-refractivity contribution in [2.24, 2.45) is 0 Å². The number of nitrogens with zero attached hydrogens (tertiary/aromatic N) is 2. The van der Waals surface area contributed by atoms with Gasteiger partial charge in [-0.15, -0.1) is 6.58 Å². The number of anilines is 1. The van der Waals surface area contributed by atoms with Gasteiger partial charge in [-0.3, -0.25) is 4.79 Å². The summed E-state index contributed by atoms with van der Waals surface area (Å²) in [5.41, 5.74) is 0.768. The van der Waals surface area contributed by atoms with Crippen LogP contribution < -0.4 is 10.2 Å². The predicted molar refractivity (Wildman–Crippen MR) is 80.5 cm³/mol. The number of carbonyl (C=O) groups excluding carboxylic acids is 1. The molecule has 3 rings (SSSR count). The fraction of sp³-hybridized carbons (Fsp3) is 0.438. The monoisotopic (exact) mass is 271 g/mol. The number of piperidine rings is 1. The molecule has 0 aliphatic carbocycles. The molecule has 0 unspecified atom stereocenters. The summed E-state index contributed by atoms with van der Waals surface area (Å²) in [5.74, 6) is 0.253. The topological polar surface area (TPSA) is 35.6 Å². The van der Waals surface area contributed by atoms with Gasteiger partial charge in [0.1, 0.15) is 5.54 Å². The summed E-state index contributed by atoms with van der Waals surface area (Å²) in [5, 5.41) is 3.36. The normalized spacial score (nSPS) is 21.5. The first-order valence-corrected chi connectivity index (χ1v) is 7.22. The van der Waals surface area contributed by atoms with Crippen molar-refractivity contribution in [1.29, 1.82) is 0 Å². The largest absolute Gasteiger partial charge is 0.339 e. The second-order valence-corrected chi connectivity index (χ2v) is 5.50. The number of hydrogen-bond donors (Lipinski definition) is 1. The van der Waals surface area contributed by atoms with Gasteiger partial charge in [0, 0.05) is 12.2 Å². The molecule has 2 heterocycles. The maximum Gasteiger partial charge on any atom is 0.250 e. The number of benzene rings is 1. The third-order valence-corrected chi connectivity index (χ3v) is 4.36. The molecule has 2 aliphatic heterocycles. The van der Waals surface area contributed by atoms with Gasteiger partial charge in [0.2, 0.25) is 5.91 Å². The van der Waals surface area contributed by atoms with E-state index in [1.807, 2.05) is 23.1 Å². The van der Waals surface area contributed by atoms with Crippen molar-refractivity contribution in [3.8, 4) is 0 Å². The van der Waals surface area contributed by atoms with E-state index in [0.29, 0.717) is 13.2 Å². The van der Waals surface area contributed by atoms with Gasteiger partial charge in [0.05, 0.1) is 6.67 Å². The van der Waals surface area contributed by atoms with Gasteiger partial charge < -0.3 is 15.1 Å². The van der Waals surface area contributed by atoms with Crippen molar-refractivity contribution in [2.45, 2.75) is 18.4 Å².